The molecule has 1 aliphatic rings. The lowest BCUT2D eigenvalue weighted by atomic mass is 10.0. The second kappa shape index (κ2) is 6.60. The first-order valence-corrected chi connectivity index (χ1v) is 7.41. The Morgan fingerprint density at radius 3 is 2.95 bits per heavy atom. The van der Waals surface area contributed by atoms with Gasteiger partial charge >= 0.3 is 0 Å². The van der Waals surface area contributed by atoms with E-state index in [4.69, 9.17) is 23.2 Å². The van der Waals surface area contributed by atoms with E-state index in [0.29, 0.717) is 28.3 Å². The largest absolute Gasteiger partial charge is 0.325 e. The van der Waals surface area contributed by atoms with E-state index in [-0.39, 0.29) is 5.91 Å². The summed E-state index contributed by atoms with van der Waals surface area (Å²) in [4.78, 5) is 13.4. The van der Waals surface area contributed by atoms with Gasteiger partial charge in [0.05, 0.1) is 23.3 Å². The molecule has 1 fully saturated rings. The van der Waals surface area contributed by atoms with Gasteiger partial charge in [0.2, 0.25) is 0 Å². The summed E-state index contributed by atoms with van der Waals surface area (Å²) in [5.74, 6) is -0.00656. The van der Waals surface area contributed by atoms with Gasteiger partial charge in [-0.3, -0.25) is 4.79 Å². The normalized spacial score (nSPS) is 23.1. The van der Waals surface area contributed by atoms with Crippen molar-refractivity contribution in [3.63, 3.8) is 0 Å². The van der Waals surface area contributed by atoms with Crippen molar-refractivity contribution in [3.05, 3.63) is 28.2 Å². The summed E-state index contributed by atoms with van der Waals surface area (Å²) in [5.41, 5.74) is 0.586. The first-order valence-electron chi connectivity index (χ1n) is 6.66. The Morgan fingerprint density at radius 1 is 1.42 bits per heavy atom. The molecule has 0 saturated carbocycles. The van der Waals surface area contributed by atoms with E-state index >= 15 is 0 Å². The number of anilines is 1. The molecule has 0 aliphatic carbocycles. The number of amides is 1. The van der Waals surface area contributed by atoms with Crippen LogP contribution in [0.5, 0.6) is 0 Å². The van der Waals surface area contributed by atoms with Gasteiger partial charge in [0.15, 0.2) is 6.54 Å². The molecule has 1 aliphatic heterocycles. The number of nitrogens with one attached hydrogen (secondary N) is 2. The van der Waals surface area contributed by atoms with Crippen LogP contribution in [0.4, 0.5) is 5.69 Å². The van der Waals surface area contributed by atoms with Gasteiger partial charge in [0, 0.05) is 5.02 Å². The Kier molecular flexibility index (Phi) is 5.08. The second-order valence-electron chi connectivity index (χ2n) is 5.15. The zero-order valence-electron chi connectivity index (χ0n) is 11.0. The molecule has 2 N–H and O–H groups in total. The number of rotatable bonds is 3. The van der Waals surface area contributed by atoms with E-state index in [2.05, 4.69) is 12.2 Å². The molecular formula is C14H19Cl2N2O+. The molecule has 0 spiro atoms. The maximum Gasteiger partial charge on any atom is 0.279 e. The third kappa shape index (κ3) is 4.10. The third-order valence-electron chi connectivity index (χ3n) is 3.67. The van der Waals surface area contributed by atoms with Crippen LogP contribution in [-0.2, 0) is 4.79 Å². The van der Waals surface area contributed by atoms with Crippen molar-refractivity contribution < 1.29 is 9.69 Å². The van der Waals surface area contributed by atoms with E-state index in [1.54, 1.807) is 18.2 Å². The van der Waals surface area contributed by atoms with Crippen molar-refractivity contribution in [2.45, 2.75) is 32.2 Å². The zero-order chi connectivity index (χ0) is 13.8. The third-order valence-corrected chi connectivity index (χ3v) is 4.24. The minimum Gasteiger partial charge on any atom is -0.325 e. The van der Waals surface area contributed by atoms with E-state index in [1.165, 1.54) is 24.2 Å². The van der Waals surface area contributed by atoms with E-state index in [0.717, 1.165) is 6.54 Å². The molecule has 104 valence electrons. The Balaban J connectivity index is 1.95. The maximum absolute atomic E-state index is 12.1. The topological polar surface area (TPSA) is 33.5 Å². The molecule has 0 radical (unpaired) electrons. The fourth-order valence-corrected chi connectivity index (χ4v) is 2.85. The highest BCUT2D eigenvalue weighted by Crippen LogP contribution is 2.25. The molecule has 1 saturated heterocycles. The summed E-state index contributed by atoms with van der Waals surface area (Å²) in [7, 11) is 0. The smallest absolute Gasteiger partial charge is 0.279 e. The Morgan fingerprint density at radius 2 is 2.21 bits per heavy atom. The summed E-state index contributed by atoms with van der Waals surface area (Å²) < 4.78 is 0. The van der Waals surface area contributed by atoms with Crippen molar-refractivity contribution in [1.82, 2.24) is 0 Å². The number of halogens is 2. The zero-order valence-corrected chi connectivity index (χ0v) is 12.5. The van der Waals surface area contributed by atoms with Crippen LogP contribution < -0.4 is 10.2 Å². The Labute approximate surface area is 123 Å². The number of piperidine rings is 1. The molecule has 5 heteroatoms. The predicted octanol–water partition coefficient (Wildman–Crippen LogP) is 2.39. The van der Waals surface area contributed by atoms with Gasteiger partial charge in [0.25, 0.3) is 5.91 Å². The van der Waals surface area contributed by atoms with Gasteiger partial charge in [-0.15, -0.1) is 0 Å². The molecule has 0 bridgehead atoms. The van der Waals surface area contributed by atoms with Crippen molar-refractivity contribution in [3.8, 4) is 0 Å². The van der Waals surface area contributed by atoms with Crippen LogP contribution in [0.3, 0.4) is 0 Å². The number of carbonyl (C=O) groups excluding carboxylic acids is 1. The van der Waals surface area contributed by atoms with Gasteiger partial charge in [-0.2, -0.15) is 0 Å². The summed E-state index contributed by atoms with van der Waals surface area (Å²) in [5, 5.41) is 3.92. The lowest BCUT2D eigenvalue weighted by molar-refractivity contribution is -0.920. The predicted molar refractivity (Wildman–Crippen MR) is 79.1 cm³/mol. The van der Waals surface area contributed by atoms with E-state index in [9.17, 15) is 4.79 Å². The summed E-state index contributed by atoms with van der Waals surface area (Å²) >= 11 is 11.9. The van der Waals surface area contributed by atoms with Crippen molar-refractivity contribution >= 4 is 34.8 Å². The SMILES string of the molecule is C[C@@H]1CCCC[NH+]1CC(=O)Nc1cc(Cl)ccc1Cl. The van der Waals surface area contributed by atoms with Gasteiger partial charge in [-0.25, -0.2) is 0 Å². The van der Waals surface area contributed by atoms with E-state index in [1.807, 2.05) is 0 Å². The van der Waals surface area contributed by atoms with Gasteiger partial charge in [-0.05, 0) is 44.4 Å². The molecule has 19 heavy (non-hydrogen) atoms. The molecule has 1 aromatic carbocycles. The molecule has 1 amide bonds. The minimum absolute atomic E-state index is 0.00656. The molecule has 3 nitrogen and oxygen atoms in total. The van der Waals surface area contributed by atoms with Gasteiger partial charge in [-0.1, -0.05) is 23.2 Å². The molecule has 0 aromatic heterocycles. The van der Waals surface area contributed by atoms with Crippen LogP contribution in [0.15, 0.2) is 18.2 Å². The Hall–Kier alpha value is -0.770. The van der Waals surface area contributed by atoms with Gasteiger partial charge < -0.3 is 10.2 Å². The van der Waals surface area contributed by atoms with E-state index < -0.39 is 0 Å². The number of quaternary nitrogens is 1. The van der Waals surface area contributed by atoms with Crippen molar-refractivity contribution in [2.75, 3.05) is 18.4 Å². The number of hydrogen-bond acceptors (Lipinski definition) is 1. The van der Waals surface area contributed by atoms with Crippen molar-refractivity contribution in [1.29, 1.82) is 0 Å². The summed E-state index contributed by atoms with van der Waals surface area (Å²) in [6, 6.07) is 5.62. The van der Waals surface area contributed by atoms with Crippen molar-refractivity contribution in [2.24, 2.45) is 0 Å². The minimum atomic E-state index is -0.00656. The van der Waals surface area contributed by atoms with Crippen LogP contribution in [0.25, 0.3) is 0 Å². The van der Waals surface area contributed by atoms with Crippen LogP contribution in [0, 0.1) is 0 Å². The van der Waals surface area contributed by atoms with Crippen LogP contribution in [-0.4, -0.2) is 25.0 Å². The molecule has 1 unspecified atom stereocenters. The fourth-order valence-electron chi connectivity index (χ4n) is 2.51. The van der Waals surface area contributed by atoms with Crippen LogP contribution in [0.2, 0.25) is 10.0 Å². The molecule has 2 rings (SSSR count). The molecule has 1 aromatic rings. The average Bonchev–Trinajstić information content (AvgIpc) is 2.37. The first-order chi connectivity index (χ1) is 9.06. The standard InChI is InChI=1S/C14H18Cl2N2O/c1-10-4-2-3-7-18(10)9-14(19)17-13-8-11(15)5-6-12(13)16/h5-6,8,10H,2-4,7,9H2,1H3,(H,17,19)/p+1/t10-/m1/s1. The highest BCUT2D eigenvalue weighted by molar-refractivity contribution is 6.35. The molecule has 2 atom stereocenters. The summed E-state index contributed by atoms with van der Waals surface area (Å²) in [6.07, 6.45) is 3.66. The number of likely N-dealkylation sites (tertiary alicyclic amines) is 1. The molecular weight excluding hydrogens is 283 g/mol. The fraction of sp³-hybridized carbons (Fsp3) is 0.500. The highest BCUT2D eigenvalue weighted by Gasteiger charge is 2.24. The summed E-state index contributed by atoms with van der Waals surface area (Å²) in [6.45, 7) is 3.76. The quantitative estimate of drug-likeness (QED) is 0.883. The van der Waals surface area contributed by atoms with Gasteiger partial charge in [0.1, 0.15) is 0 Å². The number of hydrogen-bond donors (Lipinski definition) is 2. The number of carbonyl (C=O) groups is 1. The molecule has 1 heterocycles. The Bertz CT molecular complexity index is 465. The lowest BCUT2D eigenvalue weighted by Gasteiger charge is -2.29. The maximum atomic E-state index is 12.1. The number of benzene rings is 1. The average molecular weight is 302 g/mol. The first kappa shape index (κ1) is 14.6. The monoisotopic (exact) mass is 301 g/mol. The highest BCUT2D eigenvalue weighted by atomic mass is 35.5. The van der Waals surface area contributed by atoms with Crippen LogP contribution in [0.1, 0.15) is 26.2 Å². The second-order valence-corrected chi connectivity index (χ2v) is 6.00. The lowest BCUT2D eigenvalue weighted by Crippen LogP contribution is -3.17. The van der Waals surface area contributed by atoms with Crippen LogP contribution >= 0.6 is 23.2 Å².